The van der Waals surface area contributed by atoms with Crippen LogP contribution in [0.25, 0.3) is 0 Å². The Labute approximate surface area is 149 Å². The van der Waals surface area contributed by atoms with Gasteiger partial charge in [-0.25, -0.2) is 13.2 Å². The lowest BCUT2D eigenvalue weighted by Gasteiger charge is -2.13. The number of imide groups is 1. The molecule has 2 aromatic rings. The van der Waals surface area contributed by atoms with Crippen LogP contribution in [0.2, 0.25) is 0 Å². The van der Waals surface area contributed by atoms with Crippen molar-refractivity contribution in [3.63, 3.8) is 0 Å². The van der Waals surface area contributed by atoms with Crippen molar-refractivity contribution in [2.45, 2.75) is 10.4 Å². The highest BCUT2D eigenvalue weighted by molar-refractivity contribution is 7.92. The number of alkyl halides is 3. The van der Waals surface area contributed by atoms with Crippen LogP contribution in [0.1, 0.15) is 31.1 Å². The monoisotopic (exact) mass is 399 g/mol. The Kier molecular flexibility index (Phi) is 4.26. The first kappa shape index (κ1) is 18.6. The average Bonchev–Trinajstić information content (AvgIpc) is 2.86. The van der Waals surface area contributed by atoms with Gasteiger partial charge in [0.05, 0.1) is 21.6 Å². The quantitative estimate of drug-likeness (QED) is 0.735. The third kappa shape index (κ3) is 3.05. The molecule has 3 rings (SSSR count). The van der Waals surface area contributed by atoms with Gasteiger partial charge in [-0.1, -0.05) is 17.2 Å². The molecule has 0 saturated heterocycles. The SMILES string of the molecule is O=C(ON1C(=O)c2ccccc2C1=O)c1ccc(S(=O)(=O)C(F)(F)F)cc1. The Morgan fingerprint density at radius 1 is 0.889 bits per heavy atom. The fourth-order valence-corrected chi connectivity index (χ4v) is 3.05. The molecule has 2 amide bonds. The number of amides is 2. The summed E-state index contributed by atoms with van der Waals surface area (Å²) in [4.78, 5) is 39.9. The van der Waals surface area contributed by atoms with E-state index in [-0.39, 0.29) is 21.8 Å². The van der Waals surface area contributed by atoms with Crippen molar-refractivity contribution in [2.24, 2.45) is 0 Å². The number of hydrogen-bond acceptors (Lipinski definition) is 6. The first-order valence-corrected chi connectivity index (χ1v) is 8.64. The maximum absolute atomic E-state index is 12.5. The van der Waals surface area contributed by atoms with E-state index in [0.717, 1.165) is 12.1 Å². The van der Waals surface area contributed by atoms with Crippen LogP contribution in [0.5, 0.6) is 0 Å². The highest BCUT2D eigenvalue weighted by Gasteiger charge is 2.47. The molecular weight excluding hydrogens is 391 g/mol. The molecule has 0 aromatic heterocycles. The molecule has 1 aliphatic rings. The van der Waals surface area contributed by atoms with Crippen LogP contribution < -0.4 is 0 Å². The van der Waals surface area contributed by atoms with Gasteiger partial charge in [0.15, 0.2) is 0 Å². The molecule has 11 heteroatoms. The molecule has 1 aliphatic heterocycles. The van der Waals surface area contributed by atoms with Crippen molar-refractivity contribution in [1.82, 2.24) is 5.06 Å². The predicted octanol–water partition coefficient (Wildman–Crippen LogP) is 2.35. The summed E-state index contributed by atoms with van der Waals surface area (Å²) in [7, 11) is -5.57. The zero-order chi connectivity index (χ0) is 20.0. The Morgan fingerprint density at radius 3 is 1.81 bits per heavy atom. The molecule has 1 heterocycles. The summed E-state index contributed by atoms with van der Waals surface area (Å²) in [5, 5.41) is 0.230. The zero-order valence-electron chi connectivity index (χ0n) is 13.1. The van der Waals surface area contributed by atoms with E-state index < -0.39 is 38.0 Å². The van der Waals surface area contributed by atoms with Gasteiger partial charge in [-0.15, -0.1) is 0 Å². The van der Waals surface area contributed by atoms with Crippen molar-refractivity contribution in [3.8, 4) is 0 Å². The summed E-state index contributed by atoms with van der Waals surface area (Å²) < 4.78 is 60.1. The maximum atomic E-state index is 12.5. The predicted molar refractivity (Wildman–Crippen MR) is 82.0 cm³/mol. The first-order chi connectivity index (χ1) is 12.5. The van der Waals surface area contributed by atoms with E-state index in [2.05, 4.69) is 0 Å². The molecule has 140 valence electrons. The molecule has 0 aliphatic carbocycles. The number of fused-ring (bicyclic) bond motifs is 1. The Morgan fingerprint density at radius 2 is 1.37 bits per heavy atom. The summed E-state index contributed by atoms with van der Waals surface area (Å²) in [5.41, 5.74) is -5.79. The standard InChI is InChI=1S/C16H8F3NO6S/c17-16(18,19)27(24,25)10-7-5-9(6-8-10)15(23)26-20-13(21)11-3-1-2-4-12(11)14(20)22/h1-8H. The molecule has 0 fully saturated rings. The molecule has 0 atom stereocenters. The van der Waals surface area contributed by atoms with Gasteiger partial charge in [0.25, 0.3) is 21.7 Å². The van der Waals surface area contributed by atoms with Gasteiger partial charge in [-0.3, -0.25) is 9.59 Å². The largest absolute Gasteiger partial charge is 0.501 e. The molecule has 27 heavy (non-hydrogen) atoms. The third-order valence-corrected chi connectivity index (χ3v) is 5.14. The summed E-state index contributed by atoms with van der Waals surface area (Å²) in [6.45, 7) is 0. The van der Waals surface area contributed by atoms with E-state index in [0.29, 0.717) is 12.1 Å². The first-order valence-electron chi connectivity index (χ1n) is 7.15. The lowest BCUT2D eigenvalue weighted by Crippen LogP contribution is -2.32. The maximum Gasteiger partial charge on any atom is 0.501 e. The minimum Gasteiger partial charge on any atom is -0.324 e. The molecule has 0 saturated carbocycles. The average molecular weight is 399 g/mol. The number of sulfone groups is 1. The van der Waals surface area contributed by atoms with E-state index in [1.165, 1.54) is 24.3 Å². The van der Waals surface area contributed by atoms with Crippen LogP contribution in [0.4, 0.5) is 13.2 Å². The number of halogens is 3. The zero-order valence-corrected chi connectivity index (χ0v) is 13.9. The minimum atomic E-state index is -5.57. The Bertz CT molecular complexity index is 1030. The fraction of sp³-hybridized carbons (Fsp3) is 0.0625. The molecule has 0 bridgehead atoms. The van der Waals surface area contributed by atoms with Gasteiger partial charge in [-0.05, 0) is 36.4 Å². The summed E-state index contributed by atoms with van der Waals surface area (Å²) in [6.07, 6.45) is 0. The van der Waals surface area contributed by atoms with Crippen LogP contribution in [-0.2, 0) is 14.7 Å². The Balaban J connectivity index is 1.81. The fourth-order valence-electron chi connectivity index (χ4n) is 2.29. The number of carbonyl (C=O) groups excluding carboxylic acids is 3. The second kappa shape index (κ2) is 6.20. The van der Waals surface area contributed by atoms with Gasteiger partial charge in [0.1, 0.15) is 0 Å². The second-order valence-corrected chi connectivity index (χ2v) is 7.24. The van der Waals surface area contributed by atoms with Crippen molar-refractivity contribution in [1.29, 1.82) is 0 Å². The van der Waals surface area contributed by atoms with E-state index in [9.17, 15) is 36.0 Å². The number of rotatable bonds is 3. The van der Waals surface area contributed by atoms with Gasteiger partial charge in [0, 0.05) is 0 Å². The third-order valence-electron chi connectivity index (χ3n) is 3.64. The van der Waals surface area contributed by atoms with Crippen LogP contribution in [-0.4, -0.2) is 36.8 Å². The molecule has 0 unspecified atom stereocenters. The number of hydrogen-bond donors (Lipinski definition) is 0. The lowest BCUT2D eigenvalue weighted by molar-refractivity contribution is -0.0584. The molecule has 0 radical (unpaired) electrons. The van der Waals surface area contributed by atoms with Crippen LogP contribution in [0.3, 0.4) is 0 Å². The highest BCUT2D eigenvalue weighted by atomic mass is 32.2. The summed E-state index contributed by atoms with van der Waals surface area (Å²) in [5.74, 6) is -2.97. The van der Waals surface area contributed by atoms with Crippen molar-refractivity contribution < 1.29 is 40.8 Å². The topological polar surface area (TPSA) is 97.8 Å². The molecule has 7 nitrogen and oxygen atoms in total. The van der Waals surface area contributed by atoms with Gasteiger partial charge in [0.2, 0.25) is 0 Å². The van der Waals surface area contributed by atoms with E-state index in [1.54, 1.807) is 0 Å². The number of nitrogens with zero attached hydrogens (tertiary/aromatic N) is 1. The number of hydroxylamine groups is 2. The van der Waals surface area contributed by atoms with Gasteiger partial charge >= 0.3 is 11.5 Å². The van der Waals surface area contributed by atoms with Crippen LogP contribution in [0.15, 0.2) is 53.4 Å². The van der Waals surface area contributed by atoms with E-state index in [1.807, 2.05) is 0 Å². The molecule has 2 aromatic carbocycles. The smallest absolute Gasteiger partial charge is 0.324 e. The lowest BCUT2D eigenvalue weighted by atomic mass is 10.1. The summed E-state index contributed by atoms with van der Waals surface area (Å²) >= 11 is 0. The Hall–Kier alpha value is -3.21. The van der Waals surface area contributed by atoms with Crippen LogP contribution >= 0.6 is 0 Å². The molecular formula is C16H8F3NO6S. The number of benzene rings is 2. The second-order valence-electron chi connectivity index (χ2n) is 5.30. The highest BCUT2D eigenvalue weighted by Crippen LogP contribution is 2.30. The van der Waals surface area contributed by atoms with E-state index in [4.69, 9.17) is 4.84 Å². The van der Waals surface area contributed by atoms with Crippen LogP contribution in [0, 0.1) is 0 Å². The minimum absolute atomic E-state index is 0.0296. The number of carbonyl (C=O) groups is 3. The normalized spacial score (nSPS) is 14.3. The summed E-state index contributed by atoms with van der Waals surface area (Å²) in [6, 6.07) is 8.44. The van der Waals surface area contributed by atoms with Gasteiger partial charge in [-0.2, -0.15) is 13.2 Å². The van der Waals surface area contributed by atoms with Crippen molar-refractivity contribution >= 4 is 27.6 Å². The van der Waals surface area contributed by atoms with Gasteiger partial charge < -0.3 is 4.84 Å². The van der Waals surface area contributed by atoms with Crippen molar-refractivity contribution in [3.05, 3.63) is 65.2 Å². The van der Waals surface area contributed by atoms with E-state index >= 15 is 0 Å². The molecule has 0 N–H and O–H groups in total. The molecule has 0 spiro atoms. The van der Waals surface area contributed by atoms with Crippen molar-refractivity contribution in [2.75, 3.05) is 0 Å².